The number of ether oxygens (including phenoxy) is 2. The Bertz CT molecular complexity index is 366. The Labute approximate surface area is 101 Å². The fourth-order valence-corrected chi connectivity index (χ4v) is 1.87. The van der Waals surface area contributed by atoms with E-state index in [0.29, 0.717) is 19.8 Å². The monoisotopic (exact) mass is 235 g/mol. The van der Waals surface area contributed by atoms with Crippen LogP contribution in [0.2, 0.25) is 0 Å². The van der Waals surface area contributed by atoms with Crippen molar-refractivity contribution in [3.63, 3.8) is 0 Å². The highest BCUT2D eigenvalue weighted by molar-refractivity contribution is 5.76. The molecule has 2 atom stereocenters. The van der Waals surface area contributed by atoms with Gasteiger partial charge in [-0.25, -0.2) is 0 Å². The second kappa shape index (κ2) is 5.80. The summed E-state index contributed by atoms with van der Waals surface area (Å²) in [5, 5.41) is 0. The van der Waals surface area contributed by atoms with Gasteiger partial charge in [-0.2, -0.15) is 0 Å². The minimum absolute atomic E-state index is 0.0694. The average Bonchev–Trinajstić information content (AvgIpc) is 2.36. The molecule has 4 heteroatoms. The number of cyclic esters (lactones) is 1. The van der Waals surface area contributed by atoms with Crippen LogP contribution in [0, 0.1) is 5.92 Å². The van der Waals surface area contributed by atoms with Gasteiger partial charge in [0.15, 0.2) is 0 Å². The van der Waals surface area contributed by atoms with Crippen molar-refractivity contribution in [3.05, 3.63) is 35.9 Å². The van der Waals surface area contributed by atoms with E-state index in [1.54, 1.807) is 0 Å². The summed E-state index contributed by atoms with van der Waals surface area (Å²) < 4.78 is 10.5. The lowest BCUT2D eigenvalue weighted by atomic mass is 9.96. The van der Waals surface area contributed by atoms with Gasteiger partial charge in [0.1, 0.15) is 6.04 Å². The molecular formula is C13H17NO3. The number of rotatable bonds is 4. The predicted octanol–water partition coefficient (Wildman–Crippen LogP) is 1.09. The summed E-state index contributed by atoms with van der Waals surface area (Å²) in [6.45, 7) is 1.51. The normalized spacial score (nSPS) is 24.4. The molecule has 2 unspecified atom stereocenters. The Kier molecular flexibility index (Phi) is 4.12. The van der Waals surface area contributed by atoms with Crippen molar-refractivity contribution in [3.8, 4) is 0 Å². The Hall–Kier alpha value is -1.39. The molecule has 0 bridgehead atoms. The van der Waals surface area contributed by atoms with Crippen molar-refractivity contribution in [1.29, 1.82) is 0 Å². The summed E-state index contributed by atoms with van der Waals surface area (Å²) in [6.07, 6.45) is 0.779. The van der Waals surface area contributed by atoms with Gasteiger partial charge in [0.2, 0.25) is 0 Å². The number of esters is 1. The Morgan fingerprint density at radius 1 is 1.35 bits per heavy atom. The van der Waals surface area contributed by atoms with Gasteiger partial charge in [-0.3, -0.25) is 4.79 Å². The molecule has 1 aromatic rings. The van der Waals surface area contributed by atoms with E-state index in [9.17, 15) is 4.79 Å². The third-order valence-corrected chi connectivity index (χ3v) is 2.96. The van der Waals surface area contributed by atoms with Gasteiger partial charge in [-0.15, -0.1) is 0 Å². The lowest BCUT2D eigenvalue weighted by Gasteiger charge is -2.27. The van der Waals surface area contributed by atoms with Crippen LogP contribution in [0.4, 0.5) is 0 Å². The first-order valence-corrected chi connectivity index (χ1v) is 5.81. The molecule has 1 aliphatic heterocycles. The number of hydrogen-bond donors (Lipinski definition) is 1. The Balaban J connectivity index is 1.76. The fourth-order valence-electron chi connectivity index (χ4n) is 1.87. The summed E-state index contributed by atoms with van der Waals surface area (Å²) in [5.74, 6) is -0.246. The smallest absolute Gasteiger partial charge is 0.323 e. The molecule has 17 heavy (non-hydrogen) atoms. The highest BCUT2D eigenvalue weighted by Crippen LogP contribution is 2.16. The maximum Gasteiger partial charge on any atom is 0.323 e. The van der Waals surface area contributed by atoms with E-state index in [4.69, 9.17) is 15.2 Å². The lowest BCUT2D eigenvalue weighted by molar-refractivity contribution is -0.153. The summed E-state index contributed by atoms with van der Waals surface area (Å²) in [6, 6.07) is 9.39. The van der Waals surface area contributed by atoms with E-state index in [-0.39, 0.29) is 11.9 Å². The number of nitrogens with two attached hydrogens (primary N) is 1. The van der Waals surface area contributed by atoms with E-state index in [1.807, 2.05) is 30.3 Å². The Morgan fingerprint density at radius 3 is 2.88 bits per heavy atom. The first-order valence-electron chi connectivity index (χ1n) is 5.81. The summed E-state index contributed by atoms with van der Waals surface area (Å²) in [7, 11) is 0. The highest BCUT2D eigenvalue weighted by Gasteiger charge is 2.30. The zero-order valence-electron chi connectivity index (χ0n) is 9.67. The number of hydrogen-bond acceptors (Lipinski definition) is 4. The molecule has 1 aromatic carbocycles. The van der Waals surface area contributed by atoms with Crippen LogP contribution in [-0.2, 0) is 20.9 Å². The van der Waals surface area contributed by atoms with E-state index in [2.05, 4.69) is 0 Å². The molecule has 0 aromatic heterocycles. The maximum absolute atomic E-state index is 11.2. The molecule has 0 radical (unpaired) electrons. The van der Waals surface area contributed by atoms with Crippen molar-refractivity contribution >= 4 is 5.97 Å². The van der Waals surface area contributed by atoms with Gasteiger partial charge in [0.05, 0.1) is 19.8 Å². The van der Waals surface area contributed by atoms with Crippen LogP contribution < -0.4 is 5.73 Å². The van der Waals surface area contributed by atoms with Crippen molar-refractivity contribution < 1.29 is 14.3 Å². The average molecular weight is 235 g/mol. The van der Waals surface area contributed by atoms with Gasteiger partial charge in [-0.05, 0) is 12.0 Å². The number of carbonyl (C=O) groups is 1. The molecule has 0 saturated carbocycles. The Morgan fingerprint density at radius 2 is 2.12 bits per heavy atom. The summed E-state index contributed by atoms with van der Waals surface area (Å²) in [5.41, 5.74) is 6.87. The highest BCUT2D eigenvalue weighted by atomic mass is 16.5. The van der Waals surface area contributed by atoms with Gasteiger partial charge in [0, 0.05) is 5.92 Å². The van der Waals surface area contributed by atoms with Crippen LogP contribution in [0.25, 0.3) is 0 Å². The SMILES string of the molecule is NC1C(=O)OCCC1COCc1ccccc1. The molecule has 2 N–H and O–H groups in total. The number of carbonyl (C=O) groups excluding carboxylic acids is 1. The van der Waals surface area contributed by atoms with Gasteiger partial charge < -0.3 is 15.2 Å². The molecule has 4 nitrogen and oxygen atoms in total. The zero-order chi connectivity index (χ0) is 12.1. The van der Waals surface area contributed by atoms with Crippen LogP contribution in [0.3, 0.4) is 0 Å². The summed E-state index contributed by atoms with van der Waals surface area (Å²) in [4.78, 5) is 11.2. The summed E-state index contributed by atoms with van der Waals surface area (Å²) >= 11 is 0. The third kappa shape index (κ3) is 3.28. The molecule has 1 aliphatic rings. The minimum Gasteiger partial charge on any atom is -0.465 e. The standard InChI is InChI=1S/C13H17NO3/c14-12-11(6-7-17-13(12)15)9-16-8-10-4-2-1-3-5-10/h1-5,11-12H,6-9,14H2. The minimum atomic E-state index is -0.542. The molecule has 1 heterocycles. The molecular weight excluding hydrogens is 218 g/mol. The second-order valence-corrected chi connectivity index (χ2v) is 4.24. The largest absolute Gasteiger partial charge is 0.465 e. The zero-order valence-corrected chi connectivity index (χ0v) is 9.67. The van der Waals surface area contributed by atoms with Crippen molar-refractivity contribution in [1.82, 2.24) is 0 Å². The topological polar surface area (TPSA) is 61.6 Å². The van der Waals surface area contributed by atoms with Crippen molar-refractivity contribution in [2.75, 3.05) is 13.2 Å². The van der Waals surface area contributed by atoms with Crippen LogP contribution in [0.15, 0.2) is 30.3 Å². The number of benzene rings is 1. The molecule has 1 fully saturated rings. The first-order chi connectivity index (χ1) is 8.27. The second-order valence-electron chi connectivity index (χ2n) is 4.24. The first kappa shape index (κ1) is 12.1. The maximum atomic E-state index is 11.2. The van der Waals surface area contributed by atoms with Crippen LogP contribution >= 0.6 is 0 Å². The quantitative estimate of drug-likeness (QED) is 0.794. The molecule has 92 valence electrons. The molecule has 0 spiro atoms. The van der Waals surface area contributed by atoms with Gasteiger partial charge >= 0.3 is 5.97 Å². The molecule has 0 amide bonds. The fraction of sp³-hybridized carbons (Fsp3) is 0.462. The van der Waals surface area contributed by atoms with E-state index >= 15 is 0 Å². The van der Waals surface area contributed by atoms with E-state index in [0.717, 1.165) is 12.0 Å². The van der Waals surface area contributed by atoms with Crippen molar-refractivity contribution in [2.24, 2.45) is 11.7 Å². The van der Waals surface area contributed by atoms with Crippen molar-refractivity contribution in [2.45, 2.75) is 19.1 Å². The third-order valence-electron chi connectivity index (χ3n) is 2.96. The van der Waals surface area contributed by atoms with Crippen LogP contribution in [0.5, 0.6) is 0 Å². The molecule has 0 aliphatic carbocycles. The van der Waals surface area contributed by atoms with E-state index in [1.165, 1.54) is 0 Å². The predicted molar refractivity (Wildman–Crippen MR) is 63.1 cm³/mol. The molecule has 2 rings (SSSR count). The molecule has 1 saturated heterocycles. The van der Waals surface area contributed by atoms with E-state index < -0.39 is 6.04 Å². The van der Waals surface area contributed by atoms with Crippen LogP contribution in [-0.4, -0.2) is 25.2 Å². The van der Waals surface area contributed by atoms with Gasteiger partial charge in [0.25, 0.3) is 0 Å². The lowest BCUT2D eigenvalue weighted by Crippen LogP contribution is -2.45. The van der Waals surface area contributed by atoms with Crippen LogP contribution in [0.1, 0.15) is 12.0 Å². The van der Waals surface area contributed by atoms with Gasteiger partial charge in [-0.1, -0.05) is 30.3 Å².